The van der Waals surface area contributed by atoms with Gasteiger partial charge in [0.15, 0.2) is 58.2 Å². The van der Waals surface area contributed by atoms with Gasteiger partial charge in [0.05, 0.1) is 33.4 Å². The number of alkyl halides is 12. The van der Waals surface area contributed by atoms with E-state index in [2.05, 4.69) is 19.9 Å². The van der Waals surface area contributed by atoms with Crippen LogP contribution < -0.4 is 0 Å². The molecule has 2 aromatic carbocycles. The lowest BCUT2D eigenvalue weighted by atomic mass is 9.85. The highest BCUT2D eigenvalue weighted by Crippen LogP contribution is 2.64. The molecule has 0 atom stereocenters. The van der Waals surface area contributed by atoms with Crippen molar-refractivity contribution in [2.75, 3.05) is 0 Å². The molecule has 2 aliphatic carbocycles. The molecule has 26 heteroatoms. The van der Waals surface area contributed by atoms with Crippen molar-refractivity contribution in [1.29, 1.82) is 10.5 Å². The molecule has 2 heterocycles. The lowest BCUT2D eigenvalue weighted by Crippen LogP contribution is -2.20. The summed E-state index contributed by atoms with van der Waals surface area (Å²) in [7, 11) is 0. The van der Waals surface area contributed by atoms with E-state index >= 15 is 61.5 Å². The van der Waals surface area contributed by atoms with Crippen molar-refractivity contribution < 1.29 is 87.8 Å². The van der Waals surface area contributed by atoms with E-state index in [1.807, 2.05) is 0 Å². The van der Waals surface area contributed by atoms with Crippen LogP contribution in [0.1, 0.15) is 33.9 Å². The number of rotatable bonds is 4. The predicted octanol–water partition coefficient (Wildman–Crippen LogP) is 11.0. The molecule has 6 nitrogen and oxygen atoms in total. The largest absolute Gasteiger partial charge is 0.422 e. The van der Waals surface area contributed by atoms with Crippen molar-refractivity contribution in [1.82, 2.24) is 19.9 Å². The van der Waals surface area contributed by atoms with Crippen molar-refractivity contribution in [3.05, 3.63) is 151 Å². The number of benzene rings is 2. The molecule has 0 radical (unpaired) electrons. The molecule has 62 heavy (non-hydrogen) atoms. The molecule has 0 saturated carbocycles. The molecule has 320 valence electrons. The Morgan fingerprint density at radius 3 is 0.855 bits per heavy atom. The summed E-state index contributed by atoms with van der Waals surface area (Å²) in [5.41, 5.74) is -35.7. The number of nitrogens with zero attached hydrogens (tertiary/aromatic N) is 6. The van der Waals surface area contributed by atoms with E-state index in [0.29, 0.717) is 36.9 Å². The quantitative estimate of drug-likeness (QED) is 0.115. The minimum absolute atomic E-state index is 0.523. The summed E-state index contributed by atoms with van der Waals surface area (Å²) < 4.78 is 298. The first kappa shape index (κ1) is 44.4. The van der Waals surface area contributed by atoms with Gasteiger partial charge < -0.3 is 0 Å². The number of hydrogen-bond acceptors (Lipinski definition) is 6. The van der Waals surface area contributed by atoms with Crippen molar-refractivity contribution in [3.8, 4) is 12.1 Å². The van der Waals surface area contributed by atoms with E-state index in [0.717, 1.165) is 12.1 Å². The number of nitriles is 2. The van der Waals surface area contributed by atoms with Gasteiger partial charge in [-0.2, -0.15) is 63.2 Å². The Morgan fingerprint density at radius 1 is 0.387 bits per heavy atom. The van der Waals surface area contributed by atoms with Crippen LogP contribution in [0.5, 0.6) is 0 Å². The normalized spacial score (nSPS) is 16.5. The number of halogens is 20. The zero-order valence-electron chi connectivity index (χ0n) is 28.7. The molecule has 0 unspecified atom stereocenters. The maximum Gasteiger partial charge on any atom is 0.422 e. The first-order valence-corrected chi connectivity index (χ1v) is 15.7. The second-order valence-corrected chi connectivity index (χ2v) is 12.1. The fraction of sp³-hybridized carbons (Fsp3) is 0.111. The third kappa shape index (κ3) is 6.78. The van der Waals surface area contributed by atoms with Gasteiger partial charge in [-0.1, -0.05) is 0 Å². The minimum atomic E-state index is -6.35. The van der Waals surface area contributed by atoms with Crippen LogP contribution in [0.3, 0.4) is 0 Å². The van der Waals surface area contributed by atoms with Crippen LogP contribution in [0.4, 0.5) is 87.8 Å². The molecule has 0 amide bonds. The summed E-state index contributed by atoms with van der Waals surface area (Å²) in [5.74, 6) is -29.7. The molecule has 0 spiro atoms. The molecule has 0 fully saturated rings. The summed E-state index contributed by atoms with van der Waals surface area (Å²) in [6, 6.07) is 2.97. The predicted molar refractivity (Wildman–Crippen MR) is 165 cm³/mol. The van der Waals surface area contributed by atoms with Gasteiger partial charge in [-0.05, 0) is 12.1 Å². The summed E-state index contributed by atoms with van der Waals surface area (Å²) in [4.78, 5) is 13.5. The van der Waals surface area contributed by atoms with Crippen molar-refractivity contribution >= 4 is 22.3 Å². The second-order valence-electron chi connectivity index (χ2n) is 12.1. The highest BCUT2D eigenvalue weighted by molar-refractivity contribution is 6.14. The van der Waals surface area contributed by atoms with Crippen molar-refractivity contribution in [2.24, 2.45) is 0 Å². The van der Waals surface area contributed by atoms with Crippen molar-refractivity contribution in [2.45, 2.75) is 24.7 Å². The summed E-state index contributed by atoms with van der Waals surface area (Å²) in [5, 5.41) is 20.5. The van der Waals surface area contributed by atoms with Crippen LogP contribution in [0, 0.1) is 69.2 Å². The molecular weight excluding hydrogens is 896 g/mol. The van der Waals surface area contributed by atoms with Gasteiger partial charge in [0.2, 0.25) is 0 Å². The Balaban J connectivity index is 2.02. The van der Waals surface area contributed by atoms with E-state index in [-0.39, 0.29) is 0 Å². The minimum Gasteiger partial charge on any atom is -0.237 e. The zero-order valence-corrected chi connectivity index (χ0v) is 28.7. The zero-order chi connectivity index (χ0) is 46.3. The van der Waals surface area contributed by atoms with E-state index in [1.165, 1.54) is 0 Å². The van der Waals surface area contributed by atoms with Gasteiger partial charge in [0.25, 0.3) is 0 Å². The van der Waals surface area contributed by atoms with Crippen LogP contribution in [0.15, 0.2) is 70.4 Å². The van der Waals surface area contributed by atoms with Crippen LogP contribution in [0.2, 0.25) is 0 Å². The monoisotopic (exact) mass is 902 g/mol. The number of aromatic nitrogens is 4. The van der Waals surface area contributed by atoms with Crippen LogP contribution >= 0.6 is 0 Å². The Labute approximate surface area is 328 Å². The first-order chi connectivity index (χ1) is 28.6. The average molecular weight is 902 g/mol. The summed E-state index contributed by atoms with van der Waals surface area (Å²) >= 11 is 0. The van der Waals surface area contributed by atoms with E-state index in [1.54, 1.807) is 0 Å². The van der Waals surface area contributed by atoms with Crippen LogP contribution in [-0.2, 0) is 12.4 Å². The molecule has 0 saturated heterocycles. The maximum absolute atomic E-state index is 15.7. The molecule has 0 bridgehead atoms. The van der Waals surface area contributed by atoms with E-state index in [4.69, 9.17) is 0 Å². The van der Waals surface area contributed by atoms with Gasteiger partial charge in [0.1, 0.15) is 23.3 Å². The van der Waals surface area contributed by atoms with Gasteiger partial charge in [-0.25, -0.2) is 55.1 Å². The maximum atomic E-state index is 15.7. The third-order valence-electron chi connectivity index (χ3n) is 8.71. The number of hydrogen-bond donors (Lipinski definition) is 0. The third-order valence-corrected chi connectivity index (χ3v) is 8.71. The van der Waals surface area contributed by atoms with Crippen LogP contribution in [0.25, 0.3) is 22.3 Å². The summed E-state index contributed by atoms with van der Waals surface area (Å²) in [6.07, 6.45) is -23.2. The van der Waals surface area contributed by atoms with Gasteiger partial charge in [-0.3, -0.25) is 0 Å². The standard InChI is InChI=1S/C36H6F20N6/c37-23-13(24(38)28(42)21(27(23)41)35(51,52)53)9(7-57)11-15-16(19(33(45,46)47)17(11)31-59-3-1-4-60-31)12(18(20(15)34(48,49)50)32-61-5-2-6-62-32)10(8-58)14-25(39)29(43)22(36(54,55)56)30(44)26(14)40/h1-6H/b11-9+,12-10+. The van der Waals surface area contributed by atoms with Gasteiger partial charge in [-0.15, -0.1) is 0 Å². The molecule has 2 aliphatic rings. The topological polar surface area (TPSA) is 99.1 Å². The second kappa shape index (κ2) is 14.8. The lowest BCUT2D eigenvalue weighted by molar-refractivity contribution is -0.144. The highest BCUT2D eigenvalue weighted by atomic mass is 19.4. The molecule has 4 aromatic rings. The Bertz CT molecular complexity index is 2610. The van der Waals surface area contributed by atoms with Crippen LogP contribution in [-0.4, -0.2) is 32.3 Å². The SMILES string of the molecule is N#C/C(=C1C2=C(C(C(F)(F)F)=C/1c1ncccn1)/C(=C(/C#N)c1c(F)c(F)c(C(F)(F)F)c(F)c1F)C(c1ncccn1)=C2C(F)(F)F)c1c(F)c(F)c(C(F)(F)F)c(F)c1F. The summed E-state index contributed by atoms with van der Waals surface area (Å²) in [6.45, 7) is 0. The Hall–Kier alpha value is -7.12. The molecule has 6 rings (SSSR count). The van der Waals surface area contributed by atoms with E-state index in [9.17, 15) is 36.9 Å². The fourth-order valence-corrected chi connectivity index (χ4v) is 6.54. The van der Waals surface area contributed by atoms with Gasteiger partial charge in [0, 0.05) is 58.2 Å². The first-order valence-electron chi connectivity index (χ1n) is 15.7. The highest BCUT2D eigenvalue weighted by Gasteiger charge is 2.58. The van der Waals surface area contributed by atoms with Gasteiger partial charge >= 0.3 is 24.7 Å². The molecule has 0 aliphatic heterocycles. The van der Waals surface area contributed by atoms with Crippen molar-refractivity contribution in [3.63, 3.8) is 0 Å². The molecule has 0 N–H and O–H groups in total. The fourth-order valence-electron chi connectivity index (χ4n) is 6.54. The Kier molecular flexibility index (Phi) is 10.6. The lowest BCUT2D eigenvalue weighted by Gasteiger charge is -2.22. The number of allylic oxidation sites excluding steroid dienone is 10. The molecular formula is C36H6F20N6. The molecule has 2 aromatic heterocycles. The van der Waals surface area contributed by atoms with E-state index < -0.39 is 161 Å². The Morgan fingerprint density at radius 2 is 0.645 bits per heavy atom. The average Bonchev–Trinajstić information content (AvgIpc) is 3.69. The smallest absolute Gasteiger partial charge is 0.237 e.